The Morgan fingerprint density at radius 3 is 2.31 bits per heavy atom. The van der Waals surface area contributed by atoms with Crippen LogP contribution in [0.3, 0.4) is 0 Å². The molecule has 0 saturated carbocycles. The summed E-state index contributed by atoms with van der Waals surface area (Å²) in [5.74, 6) is -1.29. The third-order valence-corrected chi connectivity index (χ3v) is 12.3. The molecule has 4 fully saturated rings. The fourth-order valence-corrected chi connectivity index (χ4v) is 9.09. The number of alkyl halides is 1. The van der Waals surface area contributed by atoms with Gasteiger partial charge < -0.3 is 19.4 Å². The second kappa shape index (κ2) is 14.8. The van der Waals surface area contributed by atoms with Crippen LogP contribution in [-0.2, 0) is 9.59 Å². The summed E-state index contributed by atoms with van der Waals surface area (Å²) in [6, 6.07) is 17.1. The standard InChI is InChI=1S/C44H37F2N9O6/c45-26-11-12-51(22-26)36-7-5-34(46)40(33(36)16-47)61-29-3-6-35-32(15-29)42(58)54(23-49-35)28-2-9-38(48-17-28)53-20-25(21-53)13-24-18-52(19-24)27-1-4-30-31(14-27)44(60)55(43(30)59)37-8-10-39(56)50-41(37)57/h1-7,9,14-15,17,23-26,37H,8,10-13,18-22H2,(H,50,56,57)/t26-,37?/m1/s1. The molecule has 2 aromatic heterocycles. The number of nitrogens with zero attached hydrogens (tertiary/aromatic N) is 8. The van der Waals surface area contributed by atoms with Crippen molar-refractivity contribution >= 4 is 51.7 Å². The molecule has 5 aliphatic heterocycles. The average molecular weight is 826 g/mol. The highest BCUT2D eigenvalue weighted by molar-refractivity contribution is 6.23. The number of carbonyl (C=O) groups is 4. The Morgan fingerprint density at radius 2 is 1.59 bits per heavy atom. The lowest BCUT2D eigenvalue weighted by atomic mass is 9.84. The molecular weight excluding hydrogens is 789 g/mol. The summed E-state index contributed by atoms with van der Waals surface area (Å²) in [5, 5.41) is 12.4. The number of benzene rings is 3. The average Bonchev–Trinajstić information content (AvgIpc) is 3.76. The number of imide groups is 2. The molecule has 15 nitrogen and oxygen atoms in total. The summed E-state index contributed by atoms with van der Waals surface area (Å²) in [6.45, 7) is 3.79. The highest BCUT2D eigenvalue weighted by atomic mass is 19.1. The third-order valence-electron chi connectivity index (χ3n) is 12.3. The topological polar surface area (TPSA) is 174 Å². The molecule has 7 heterocycles. The number of halogens is 2. The minimum absolute atomic E-state index is 0.0538. The number of pyridine rings is 1. The van der Waals surface area contributed by atoms with E-state index in [-0.39, 0.29) is 53.0 Å². The van der Waals surface area contributed by atoms with E-state index in [0.29, 0.717) is 41.7 Å². The van der Waals surface area contributed by atoms with Gasteiger partial charge in [-0.05, 0) is 91.8 Å². The zero-order valence-electron chi connectivity index (χ0n) is 32.6. The van der Waals surface area contributed by atoms with Crippen LogP contribution in [0, 0.1) is 29.0 Å². The molecule has 1 unspecified atom stereocenters. The third kappa shape index (κ3) is 6.68. The van der Waals surface area contributed by atoms with Gasteiger partial charge in [0.15, 0.2) is 11.6 Å². The number of hydrogen-bond donors (Lipinski definition) is 1. The Hall–Kier alpha value is -7.22. The number of rotatable bonds is 9. The Labute approximate surface area is 346 Å². The van der Waals surface area contributed by atoms with Gasteiger partial charge in [0.25, 0.3) is 17.4 Å². The number of amides is 4. The fraction of sp³-hybridized carbons (Fsp3) is 0.318. The van der Waals surface area contributed by atoms with Gasteiger partial charge in [-0.15, -0.1) is 0 Å². The van der Waals surface area contributed by atoms with Gasteiger partial charge in [0.1, 0.15) is 41.7 Å². The van der Waals surface area contributed by atoms with Crippen LogP contribution in [0.4, 0.5) is 26.0 Å². The molecule has 0 bridgehead atoms. The number of aromatic nitrogens is 3. The maximum absolute atomic E-state index is 15.1. The molecular formula is C44H37F2N9O6. The number of ether oxygens (including phenoxy) is 1. The normalized spacial score (nSPS) is 20.5. The van der Waals surface area contributed by atoms with E-state index < -0.39 is 47.2 Å². The maximum Gasteiger partial charge on any atom is 0.265 e. The van der Waals surface area contributed by atoms with Gasteiger partial charge in [0.2, 0.25) is 11.8 Å². The first kappa shape index (κ1) is 38.0. The van der Waals surface area contributed by atoms with E-state index in [1.165, 1.54) is 29.1 Å². The summed E-state index contributed by atoms with van der Waals surface area (Å²) < 4.78 is 36.3. The number of nitriles is 1. The van der Waals surface area contributed by atoms with Gasteiger partial charge in [-0.1, -0.05) is 0 Å². The lowest BCUT2D eigenvalue weighted by Gasteiger charge is -2.47. The molecule has 4 amide bonds. The van der Waals surface area contributed by atoms with Crippen LogP contribution >= 0.6 is 0 Å². The van der Waals surface area contributed by atoms with Crippen molar-refractivity contribution in [3.05, 3.63) is 106 Å². The predicted molar refractivity (Wildman–Crippen MR) is 217 cm³/mol. The zero-order chi connectivity index (χ0) is 42.1. The van der Waals surface area contributed by atoms with Crippen molar-refractivity contribution in [3.63, 3.8) is 0 Å². The number of hydrogen-bond acceptors (Lipinski definition) is 12. The Morgan fingerprint density at radius 1 is 0.820 bits per heavy atom. The predicted octanol–water partition coefficient (Wildman–Crippen LogP) is 4.50. The maximum atomic E-state index is 15.1. The van der Waals surface area contributed by atoms with Crippen LogP contribution in [0.2, 0.25) is 0 Å². The molecule has 5 aliphatic rings. The number of piperidine rings is 1. The van der Waals surface area contributed by atoms with Gasteiger partial charge in [0, 0.05) is 51.4 Å². The van der Waals surface area contributed by atoms with E-state index >= 15 is 4.39 Å². The van der Waals surface area contributed by atoms with E-state index in [2.05, 4.69) is 25.1 Å². The van der Waals surface area contributed by atoms with E-state index in [1.54, 1.807) is 41.4 Å². The van der Waals surface area contributed by atoms with Gasteiger partial charge in [0.05, 0.1) is 39.6 Å². The molecule has 0 radical (unpaired) electrons. The van der Waals surface area contributed by atoms with Gasteiger partial charge >= 0.3 is 0 Å². The number of fused-ring (bicyclic) bond motifs is 2. The Balaban J connectivity index is 0.752. The first-order valence-electron chi connectivity index (χ1n) is 20.2. The van der Waals surface area contributed by atoms with E-state index in [4.69, 9.17) is 4.74 Å². The van der Waals surface area contributed by atoms with Crippen LogP contribution in [-0.4, -0.2) is 94.5 Å². The molecule has 0 spiro atoms. The van der Waals surface area contributed by atoms with Crippen molar-refractivity contribution < 1.29 is 32.7 Å². The van der Waals surface area contributed by atoms with Gasteiger partial charge in [-0.3, -0.25) is 38.8 Å². The minimum Gasteiger partial charge on any atom is -0.453 e. The summed E-state index contributed by atoms with van der Waals surface area (Å²) in [5.41, 5.74) is 2.23. The molecule has 5 aromatic rings. The highest BCUT2D eigenvalue weighted by Crippen LogP contribution is 2.38. The first-order valence-corrected chi connectivity index (χ1v) is 20.2. The molecule has 1 N–H and O–H groups in total. The van der Waals surface area contributed by atoms with Crippen molar-refractivity contribution in [3.8, 4) is 23.3 Å². The molecule has 4 saturated heterocycles. The second-order valence-electron chi connectivity index (χ2n) is 16.2. The molecule has 2 atom stereocenters. The summed E-state index contributed by atoms with van der Waals surface area (Å²) >= 11 is 0. The van der Waals surface area contributed by atoms with Gasteiger partial charge in [-0.2, -0.15) is 5.26 Å². The van der Waals surface area contributed by atoms with Crippen molar-refractivity contribution in [2.45, 2.75) is 37.9 Å². The van der Waals surface area contributed by atoms with E-state index in [1.807, 2.05) is 18.2 Å². The molecule has 0 aliphatic carbocycles. The molecule has 3 aromatic carbocycles. The largest absolute Gasteiger partial charge is 0.453 e. The number of nitrogens with one attached hydrogen (secondary N) is 1. The number of carbonyl (C=O) groups excluding carboxylic acids is 4. The SMILES string of the molecule is N#Cc1c(N2CC[C@@H](F)C2)ccc(F)c1Oc1ccc2ncn(-c3ccc(N4CC(CC5CN(c6ccc7c(c6)C(=O)N(C6CCC(=O)NC6=O)C7=O)C5)C4)nc3)c(=O)c2c1. The molecule has 10 rings (SSSR count). The van der Waals surface area contributed by atoms with Crippen molar-refractivity contribution in [2.24, 2.45) is 11.8 Å². The minimum atomic E-state index is -1.04. The molecule has 308 valence electrons. The van der Waals surface area contributed by atoms with Crippen LogP contribution in [0.15, 0.2) is 78.0 Å². The first-order chi connectivity index (χ1) is 29.5. The fourth-order valence-electron chi connectivity index (χ4n) is 9.09. The molecule has 17 heteroatoms. The lowest BCUT2D eigenvalue weighted by Crippen LogP contribution is -2.54. The lowest BCUT2D eigenvalue weighted by molar-refractivity contribution is -0.136. The zero-order valence-corrected chi connectivity index (χ0v) is 32.6. The second-order valence-corrected chi connectivity index (χ2v) is 16.2. The van der Waals surface area contributed by atoms with E-state index in [9.17, 15) is 33.6 Å². The Kier molecular flexibility index (Phi) is 9.22. The van der Waals surface area contributed by atoms with Gasteiger partial charge in [-0.25, -0.2) is 18.7 Å². The van der Waals surface area contributed by atoms with Crippen molar-refractivity contribution in [2.75, 3.05) is 54.0 Å². The Bertz CT molecular complexity index is 2780. The van der Waals surface area contributed by atoms with Crippen molar-refractivity contribution in [1.82, 2.24) is 24.8 Å². The molecule has 61 heavy (non-hydrogen) atoms. The summed E-state index contributed by atoms with van der Waals surface area (Å²) in [6.07, 6.45) is 3.52. The van der Waals surface area contributed by atoms with Crippen molar-refractivity contribution in [1.29, 1.82) is 5.26 Å². The smallest absolute Gasteiger partial charge is 0.265 e. The van der Waals surface area contributed by atoms with E-state index in [0.717, 1.165) is 49.0 Å². The summed E-state index contributed by atoms with van der Waals surface area (Å²) in [4.78, 5) is 80.2. The number of anilines is 3. The summed E-state index contributed by atoms with van der Waals surface area (Å²) in [7, 11) is 0. The highest BCUT2D eigenvalue weighted by Gasteiger charge is 2.45. The van der Waals surface area contributed by atoms with Crippen LogP contribution in [0.5, 0.6) is 11.5 Å². The van der Waals surface area contributed by atoms with Crippen LogP contribution < -0.4 is 30.3 Å². The quantitative estimate of drug-likeness (QED) is 0.207. The monoisotopic (exact) mass is 825 g/mol. The van der Waals surface area contributed by atoms with Crippen LogP contribution in [0.25, 0.3) is 16.6 Å². The van der Waals surface area contributed by atoms with Crippen LogP contribution in [0.1, 0.15) is 52.0 Å².